The third-order valence-electron chi connectivity index (χ3n) is 7.34. The Morgan fingerprint density at radius 1 is 0.972 bits per heavy atom. The number of imide groups is 1. The SMILES string of the molecule is CC(C)c1ccc([C@H]2c3[nH]c4ccccc4c3C[C@H]3C(=O)N(c4ccccc4C(=O)O)C(=O)N23)cc1. The molecule has 1 aromatic heterocycles. The molecular formula is C29H25N3O4. The van der Waals surface area contributed by atoms with Gasteiger partial charge in [0, 0.05) is 23.0 Å². The van der Waals surface area contributed by atoms with Crippen molar-refractivity contribution in [2.45, 2.75) is 38.3 Å². The second-order valence-corrected chi connectivity index (χ2v) is 9.69. The summed E-state index contributed by atoms with van der Waals surface area (Å²) in [6, 6.07) is 20.5. The van der Waals surface area contributed by atoms with E-state index >= 15 is 0 Å². The van der Waals surface area contributed by atoms with Crippen molar-refractivity contribution >= 4 is 34.5 Å². The summed E-state index contributed by atoms with van der Waals surface area (Å²) >= 11 is 0. The maximum absolute atomic E-state index is 13.9. The van der Waals surface area contributed by atoms with E-state index in [1.165, 1.54) is 17.7 Å². The molecule has 0 radical (unpaired) electrons. The Labute approximate surface area is 208 Å². The lowest BCUT2D eigenvalue weighted by Gasteiger charge is -2.36. The van der Waals surface area contributed by atoms with Crippen LogP contribution in [0.4, 0.5) is 10.5 Å². The van der Waals surface area contributed by atoms with Crippen molar-refractivity contribution in [1.82, 2.24) is 9.88 Å². The van der Waals surface area contributed by atoms with Crippen LogP contribution in [0.2, 0.25) is 0 Å². The molecule has 4 aromatic rings. The van der Waals surface area contributed by atoms with E-state index in [1.807, 2.05) is 36.4 Å². The molecule has 0 spiro atoms. The van der Waals surface area contributed by atoms with Gasteiger partial charge in [0.25, 0.3) is 5.91 Å². The van der Waals surface area contributed by atoms with Gasteiger partial charge < -0.3 is 10.1 Å². The number of aromatic carboxylic acids is 1. The zero-order valence-corrected chi connectivity index (χ0v) is 19.9. The van der Waals surface area contributed by atoms with E-state index in [2.05, 4.69) is 31.0 Å². The number of urea groups is 1. The highest BCUT2D eigenvalue weighted by atomic mass is 16.4. The summed E-state index contributed by atoms with van der Waals surface area (Å²) in [5.74, 6) is -1.23. The Hall–Kier alpha value is -4.39. The second kappa shape index (κ2) is 8.09. The Bertz CT molecular complexity index is 1540. The highest BCUT2D eigenvalue weighted by Gasteiger charge is 2.53. The predicted octanol–water partition coefficient (Wildman–Crippen LogP) is 5.47. The molecule has 36 heavy (non-hydrogen) atoms. The highest BCUT2D eigenvalue weighted by molar-refractivity contribution is 6.23. The molecule has 1 saturated heterocycles. The number of carboxylic acids is 1. The first-order valence-corrected chi connectivity index (χ1v) is 12.0. The van der Waals surface area contributed by atoms with Crippen molar-refractivity contribution in [1.29, 1.82) is 0 Å². The number of nitrogens with one attached hydrogen (secondary N) is 1. The van der Waals surface area contributed by atoms with E-state index in [9.17, 15) is 19.5 Å². The van der Waals surface area contributed by atoms with E-state index < -0.39 is 30.0 Å². The van der Waals surface area contributed by atoms with E-state index in [4.69, 9.17) is 0 Å². The minimum atomic E-state index is -1.19. The number of hydrogen-bond donors (Lipinski definition) is 2. The molecule has 6 rings (SSSR count). The van der Waals surface area contributed by atoms with Crippen molar-refractivity contribution in [2.75, 3.05) is 4.90 Å². The van der Waals surface area contributed by atoms with Crippen molar-refractivity contribution in [2.24, 2.45) is 0 Å². The zero-order chi connectivity index (χ0) is 25.1. The molecule has 2 aliphatic rings. The van der Waals surface area contributed by atoms with E-state index in [-0.39, 0.29) is 11.3 Å². The third-order valence-corrected chi connectivity index (χ3v) is 7.34. The molecule has 3 aromatic carbocycles. The Morgan fingerprint density at radius 2 is 1.67 bits per heavy atom. The number of aromatic nitrogens is 1. The van der Waals surface area contributed by atoms with Crippen molar-refractivity contribution in [3.63, 3.8) is 0 Å². The number of H-pyrrole nitrogens is 1. The number of nitrogens with zero attached hydrogens (tertiary/aromatic N) is 2. The molecule has 3 heterocycles. The number of rotatable bonds is 4. The fraction of sp³-hybridized carbons (Fsp3) is 0.207. The van der Waals surface area contributed by atoms with Crippen LogP contribution in [0.25, 0.3) is 10.9 Å². The first kappa shape index (κ1) is 22.1. The molecule has 2 N–H and O–H groups in total. The maximum Gasteiger partial charge on any atom is 0.337 e. The van der Waals surface area contributed by atoms with Gasteiger partial charge in [-0.25, -0.2) is 14.5 Å². The van der Waals surface area contributed by atoms with Crippen LogP contribution in [-0.4, -0.2) is 38.9 Å². The van der Waals surface area contributed by atoms with Gasteiger partial charge in [0.2, 0.25) is 0 Å². The van der Waals surface area contributed by atoms with Gasteiger partial charge in [0.05, 0.1) is 11.3 Å². The first-order valence-electron chi connectivity index (χ1n) is 12.0. The second-order valence-electron chi connectivity index (χ2n) is 9.69. The lowest BCUT2D eigenvalue weighted by Crippen LogP contribution is -2.44. The van der Waals surface area contributed by atoms with Crippen LogP contribution in [-0.2, 0) is 11.2 Å². The molecule has 2 atom stereocenters. The lowest BCUT2D eigenvalue weighted by atomic mass is 9.88. The summed E-state index contributed by atoms with van der Waals surface area (Å²) in [5, 5.41) is 10.7. The van der Waals surface area contributed by atoms with Gasteiger partial charge in [-0.15, -0.1) is 0 Å². The summed E-state index contributed by atoms with van der Waals surface area (Å²) < 4.78 is 0. The number of fused-ring (bicyclic) bond motifs is 4. The van der Waals surface area contributed by atoms with Gasteiger partial charge in [-0.2, -0.15) is 0 Å². The Morgan fingerprint density at radius 3 is 2.39 bits per heavy atom. The minimum absolute atomic E-state index is 0.0825. The molecule has 7 heteroatoms. The highest BCUT2D eigenvalue weighted by Crippen LogP contribution is 2.45. The van der Waals surface area contributed by atoms with Crippen molar-refractivity contribution < 1.29 is 19.5 Å². The standard InChI is InChI=1S/C29H25N3O4/c1-16(2)17-11-13-18(14-12-17)26-25-21(19-7-3-5-9-22(19)30-25)15-24-27(33)32(29(36)31(24)26)23-10-6-4-8-20(23)28(34)35/h3-14,16,24,26,30H,15H2,1-2H3,(H,34,35)/t24-,26-/m0/s1. The number of carboxylic acid groups (broad SMARTS) is 1. The molecule has 0 bridgehead atoms. The maximum atomic E-state index is 13.9. The van der Waals surface area contributed by atoms with Gasteiger partial charge >= 0.3 is 12.0 Å². The monoisotopic (exact) mass is 479 g/mol. The number of carbonyl (C=O) groups is 3. The van der Waals surface area contributed by atoms with Crippen LogP contribution in [0.5, 0.6) is 0 Å². The van der Waals surface area contributed by atoms with Gasteiger partial charge in [-0.05, 0) is 40.8 Å². The summed E-state index contributed by atoms with van der Waals surface area (Å²) in [4.78, 5) is 45.8. The topological polar surface area (TPSA) is 93.7 Å². The summed E-state index contributed by atoms with van der Waals surface area (Å²) in [6.45, 7) is 4.25. The van der Waals surface area contributed by atoms with Crippen LogP contribution in [0.3, 0.4) is 0 Å². The first-order chi connectivity index (χ1) is 17.4. The Kier molecular flexibility index (Phi) is 4.96. The smallest absolute Gasteiger partial charge is 0.337 e. The molecule has 0 saturated carbocycles. The molecule has 180 valence electrons. The fourth-order valence-electron chi connectivity index (χ4n) is 5.56. The van der Waals surface area contributed by atoms with E-state index in [0.29, 0.717) is 12.3 Å². The average Bonchev–Trinajstić information content (AvgIpc) is 3.37. The van der Waals surface area contributed by atoms with Crippen LogP contribution in [0.15, 0.2) is 72.8 Å². The number of anilines is 1. The van der Waals surface area contributed by atoms with Gasteiger partial charge in [-0.1, -0.05) is 68.4 Å². The van der Waals surface area contributed by atoms with Gasteiger partial charge in [0.15, 0.2) is 0 Å². The zero-order valence-electron chi connectivity index (χ0n) is 19.9. The molecular weight excluding hydrogens is 454 g/mol. The van der Waals surface area contributed by atoms with Crippen LogP contribution in [0.1, 0.15) is 58.5 Å². The van der Waals surface area contributed by atoms with E-state index in [0.717, 1.165) is 32.6 Å². The van der Waals surface area contributed by atoms with Gasteiger partial charge in [-0.3, -0.25) is 9.69 Å². The van der Waals surface area contributed by atoms with E-state index in [1.54, 1.807) is 17.0 Å². The van der Waals surface area contributed by atoms with Crippen LogP contribution >= 0.6 is 0 Å². The van der Waals surface area contributed by atoms with Crippen molar-refractivity contribution in [3.8, 4) is 0 Å². The van der Waals surface area contributed by atoms with Crippen molar-refractivity contribution in [3.05, 3.63) is 101 Å². The number of carbonyl (C=O) groups excluding carboxylic acids is 2. The minimum Gasteiger partial charge on any atom is -0.478 e. The fourth-order valence-corrected chi connectivity index (χ4v) is 5.56. The molecule has 3 amide bonds. The normalized spacial score (nSPS) is 19.2. The average molecular weight is 480 g/mol. The largest absolute Gasteiger partial charge is 0.478 e. The quantitative estimate of drug-likeness (QED) is 0.380. The van der Waals surface area contributed by atoms with Crippen LogP contribution in [0, 0.1) is 0 Å². The van der Waals surface area contributed by atoms with Crippen LogP contribution < -0.4 is 4.90 Å². The number of aromatic amines is 1. The number of para-hydroxylation sites is 2. The molecule has 0 aliphatic carbocycles. The molecule has 1 fully saturated rings. The summed E-state index contributed by atoms with van der Waals surface area (Å²) in [5.41, 5.74) is 4.95. The summed E-state index contributed by atoms with van der Waals surface area (Å²) in [7, 11) is 0. The molecule has 2 aliphatic heterocycles. The molecule has 0 unspecified atom stereocenters. The molecule has 7 nitrogen and oxygen atoms in total. The third kappa shape index (κ3) is 3.16. The number of hydrogen-bond acceptors (Lipinski definition) is 3. The number of amides is 3. The van der Waals surface area contributed by atoms with Gasteiger partial charge in [0.1, 0.15) is 12.1 Å². The lowest BCUT2D eigenvalue weighted by molar-refractivity contribution is -0.120. The summed E-state index contributed by atoms with van der Waals surface area (Å²) in [6.07, 6.45) is 0.357. The predicted molar refractivity (Wildman–Crippen MR) is 136 cm³/mol. The Balaban J connectivity index is 1.53. The number of benzene rings is 3.